The molecule has 0 amide bonds. The van der Waals surface area contributed by atoms with E-state index in [0.717, 1.165) is 43.9 Å². The average molecular weight is 286 g/mol. The molecule has 1 aromatic carbocycles. The van der Waals surface area contributed by atoms with Gasteiger partial charge in [-0.3, -0.25) is 4.90 Å². The van der Waals surface area contributed by atoms with Gasteiger partial charge in [0.25, 0.3) is 0 Å². The average Bonchev–Trinajstić information content (AvgIpc) is 2.83. The summed E-state index contributed by atoms with van der Waals surface area (Å²) in [5.41, 5.74) is 5.70. The van der Waals surface area contributed by atoms with Crippen molar-refractivity contribution in [2.75, 3.05) is 13.1 Å². The first-order valence-corrected chi connectivity index (χ1v) is 7.11. The van der Waals surface area contributed by atoms with Gasteiger partial charge < -0.3 is 5.73 Å². The standard InChI is InChI=1S/C15H21F3N2/c16-15(17,18)13-5-1-4-12(10-13)11-20-9-3-7-14(20)6-2-8-19/h1,4-5,10,14H,2-3,6-9,11,19H2. The highest BCUT2D eigenvalue weighted by Crippen LogP contribution is 2.30. The number of benzene rings is 1. The molecule has 1 saturated heterocycles. The topological polar surface area (TPSA) is 29.3 Å². The zero-order valence-corrected chi connectivity index (χ0v) is 11.5. The van der Waals surface area contributed by atoms with Crippen LogP contribution in [0.5, 0.6) is 0 Å². The van der Waals surface area contributed by atoms with Gasteiger partial charge in [-0.2, -0.15) is 13.2 Å². The molecule has 1 unspecified atom stereocenters. The molecule has 1 aliphatic rings. The van der Waals surface area contributed by atoms with Crippen LogP contribution in [0, 0.1) is 0 Å². The van der Waals surface area contributed by atoms with Gasteiger partial charge in [-0.25, -0.2) is 0 Å². The van der Waals surface area contributed by atoms with Crippen LogP contribution in [0.2, 0.25) is 0 Å². The second-order valence-electron chi connectivity index (χ2n) is 5.40. The predicted octanol–water partition coefficient (Wildman–Crippen LogP) is 3.41. The predicted molar refractivity (Wildman–Crippen MR) is 73.2 cm³/mol. The Morgan fingerprint density at radius 1 is 1.30 bits per heavy atom. The summed E-state index contributed by atoms with van der Waals surface area (Å²) in [4.78, 5) is 2.28. The van der Waals surface area contributed by atoms with E-state index in [1.165, 1.54) is 12.1 Å². The summed E-state index contributed by atoms with van der Waals surface area (Å²) in [5.74, 6) is 0. The van der Waals surface area contributed by atoms with E-state index in [1.807, 2.05) is 0 Å². The van der Waals surface area contributed by atoms with Crippen LogP contribution in [0.15, 0.2) is 24.3 Å². The Morgan fingerprint density at radius 2 is 2.10 bits per heavy atom. The van der Waals surface area contributed by atoms with Crippen LogP contribution in [-0.4, -0.2) is 24.0 Å². The van der Waals surface area contributed by atoms with Crippen LogP contribution in [0.1, 0.15) is 36.8 Å². The Morgan fingerprint density at radius 3 is 2.80 bits per heavy atom. The number of hydrogen-bond acceptors (Lipinski definition) is 2. The maximum atomic E-state index is 12.7. The van der Waals surface area contributed by atoms with Crippen molar-refractivity contribution in [3.05, 3.63) is 35.4 Å². The lowest BCUT2D eigenvalue weighted by Crippen LogP contribution is -2.29. The monoisotopic (exact) mass is 286 g/mol. The SMILES string of the molecule is NCCCC1CCCN1Cc1cccc(C(F)(F)F)c1. The van der Waals surface area contributed by atoms with Gasteiger partial charge >= 0.3 is 6.18 Å². The molecular weight excluding hydrogens is 265 g/mol. The van der Waals surface area contributed by atoms with Crippen molar-refractivity contribution in [1.29, 1.82) is 0 Å². The molecule has 0 bridgehead atoms. The fraction of sp³-hybridized carbons (Fsp3) is 0.600. The summed E-state index contributed by atoms with van der Waals surface area (Å²) in [5, 5.41) is 0. The lowest BCUT2D eigenvalue weighted by atomic mass is 10.1. The molecule has 2 rings (SSSR count). The lowest BCUT2D eigenvalue weighted by Gasteiger charge is -2.24. The minimum Gasteiger partial charge on any atom is -0.330 e. The van der Waals surface area contributed by atoms with Crippen LogP contribution in [0.25, 0.3) is 0 Å². The van der Waals surface area contributed by atoms with E-state index in [9.17, 15) is 13.2 Å². The van der Waals surface area contributed by atoms with Gasteiger partial charge in [0.1, 0.15) is 0 Å². The van der Waals surface area contributed by atoms with Crippen LogP contribution in [-0.2, 0) is 12.7 Å². The van der Waals surface area contributed by atoms with Crippen LogP contribution in [0.3, 0.4) is 0 Å². The van der Waals surface area contributed by atoms with E-state index in [0.29, 0.717) is 19.1 Å². The molecule has 1 aliphatic heterocycles. The maximum Gasteiger partial charge on any atom is 0.416 e. The first-order valence-electron chi connectivity index (χ1n) is 7.11. The molecule has 2 nitrogen and oxygen atoms in total. The fourth-order valence-electron chi connectivity index (χ4n) is 2.86. The zero-order valence-electron chi connectivity index (χ0n) is 11.5. The third-order valence-electron chi connectivity index (χ3n) is 3.88. The molecule has 1 atom stereocenters. The molecule has 0 saturated carbocycles. The maximum absolute atomic E-state index is 12.7. The molecule has 2 N–H and O–H groups in total. The molecule has 1 aromatic rings. The quantitative estimate of drug-likeness (QED) is 0.898. The third-order valence-corrected chi connectivity index (χ3v) is 3.88. The van der Waals surface area contributed by atoms with Crippen molar-refractivity contribution in [3.8, 4) is 0 Å². The fourth-order valence-corrected chi connectivity index (χ4v) is 2.86. The number of nitrogens with zero attached hydrogens (tertiary/aromatic N) is 1. The van der Waals surface area contributed by atoms with Gasteiger partial charge in [0.2, 0.25) is 0 Å². The first-order chi connectivity index (χ1) is 9.50. The summed E-state index contributed by atoms with van der Waals surface area (Å²) in [6.07, 6.45) is -0.00759. The molecule has 5 heteroatoms. The highest BCUT2D eigenvalue weighted by molar-refractivity contribution is 5.25. The molecule has 0 aromatic heterocycles. The number of rotatable bonds is 5. The van der Waals surface area contributed by atoms with Crippen molar-refractivity contribution in [2.24, 2.45) is 5.73 Å². The Balaban J connectivity index is 2.02. The Bertz CT molecular complexity index is 431. The van der Waals surface area contributed by atoms with Gasteiger partial charge in [0.15, 0.2) is 0 Å². The second kappa shape index (κ2) is 6.59. The number of likely N-dealkylation sites (tertiary alicyclic amines) is 1. The largest absolute Gasteiger partial charge is 0.416 e. The van der Waals surface area contributed by atoms with Crippen LogP contribution >= 0.6 is 0 Å². The van der Waals surface area contributed by atoms with E-state index in [2.05, 4.69) is 4.90 Å². The molecular formula is C15H21F3N2. The van der Waals surface area contributed by atoms with E-state index in [1.54, 1.807) is 6.07 Å². The summed E-state index contributed by atoms with van der Waals surface area (Å²) in [7, 11) is 0. The lowest BCUT2D eigenvalue weighted by molar-refractivity contribution is -0.137. The molecule has 0 spiro atoms. The highest BCUT2D eigenvalue weighted by atomic mass is 19.4. The molecule has 112 valence electrons. The molecule has 0 radical (unpaired) electrons. The highest BCUT2D eigenvalue weighted by Gasteiger charge is 2.31. The Hall–Kier alpha value is -1.07. The summed E-state index contributed by atoms with van der Waals surface area (Å²) in [6.45, 7) is 2.23. The van der Waals surface area contributed by atoms with Gasteiger partial charge in [-0.05, 0) is 50.4 Å². The van der Waals surface area contributed by atoms with Crippen molar-refractivity contribution >= 4 is 0 Å². The molecule has 0 aliphatic carbocycles. The normalized spacial score (nSPS) is 20.5. The minimum atomic E-state index is -4.26. The Kier molecular flexibility index (Phi) is 5.05. The number of hydrogen-bond donors (Lipinski definition) is 1. The molecule has 1 fully saturated rings. The van der Waals surface area contributed by atoms with E-state index < -0.39 is 11.7 Å². The van der Waals surface area contributed by atoms with Crippen molar-refractivity contribution in [2.45, 2.75) is 44.4 Å². The zero-order chi connectivity index (χ0) is 14.6. The van der Waals surface area contributed by atoms with E-state index in [4.69, 9.17) is 5.73 Å². The number of nitrogens with two attached hydrogens (primary N) is 1. The van der Waals surface area contributed by atoms with Crippen molar-refractivity contribution < 1.29 is 13.2 Å². The molecule has 20 heavy (non-hydrogen) atoms. The molecule has 1 heterocycles. The van der Waals surface area contributed by atoms with Gasteiger partial charge in [0, 0.05) is 12.6 Å². The third kappa shape index (κ3) is 3.96. The van der Waals surface area contributed by atoms with Gasteiger partial charge in [0.05, 0.1) is 5.56 Å². The number of halogens is 3. The van der Waals surface area contributed by atoms with Crippen molar-refractivity contribution in [3.63, 3.8) is 0 Å². The first kappa shape index (κ1) is 15.3. The summed E-state index contributed by atoms with van der Waals surface area (Å²) < 4.78 is 38.1. The van der Waals surface area contributed by atoms with E-state index in [-0.39, 0.29) is 0 Å². The summed E-state index contributed by atoms with van der Waals surface area (Å²) >= 11 is 0. The van der Waals surface area contributed by atoms with Crippen LogP contribution < -0.4 is 5.73 Å². The minimum absolute atomic E-state index is 0.466. The second-order valence-corrected chi connectivity index (χ2v) is 5.40. The van der Waals surface area contributed by atoms with Gasteiger partial charge in [-0.1, -0.05) is 18.2 Å². The van der Waals surface area contributed by atoms with Gasteiger partial charge in [-0.15, -0.1) is 0 Å². The number of alkyl halides is 3. The van der Waals surface area contributed by atoms with Crippen molar-refractivity contribution in [1.82, 2.24) is 4.90 Å². The Labute approximate surface area is 117 Å². The van der Waals surface area contributed by atoms with E-state index >= 15 is 0 Å². The van der Waals surface area contributed by atoms with Crippen LogP contribution in [0.4, 0.5) is 13.2 Å². The smallest absolute Gasteiger partial charge is 0.330 e. The summed E-state index contributed by atoms with van der Waals surface area (Å²) in [6, 6.07) is 6.11.